The number of nitrogens with one attached hydrogen (secondary N) is 2. The van der Waals surface area contributed by atoms with Gasteiger partial charge in [-0.25, -0.2) is 9.50 Å². The van der Waals surface area contributed by atoms with E-state index in [0.717, 1.165) is 58.9 Å². The zero-order chi connectivity index (χ0) is 23.1. The summed E-state index contributed by atoms with van der Waals surface area (Å²) >= 11 is 0. The molecule has 0 saturated heterocycles. The lowest BCUT2D eigenvalue weighted by molar-refractivity contribution is 0.415. The van der Waals surface area contributed by atoms with Crippen LogP contribution in [0.25, 0.3) is 11.2 Å². The van der Waals surface area contributed by atoms with Crippen molar-refractivity contribution in [3.05, 3.63) is 47.9 Å². The van der Waals surface area contributed by atoms with Gasteiger partial charge < -0.3 is 21.1 Å². The number of rotatable bonds is 10. The number of aryl methyl sites for hydroxylation is 1. The molecule has 0 aliphatic heterocycles. The Hall–Kier alpha value is -3.55. The smallest absolute Gasteiger partial charge is 0.177 e. The molecule has 0 spiro atoms. The number of anilines is 3. The lowest BCUT2D eigenvalue weighted by Gasteiger charge is -2.16. The molecule has 8 heteroatoms. The van der Waals surface area contributed by atoms with Crippen molar-refractivity contribution in [2.75, 3.05) is 24.8 Å². The predicted molar refractivity (Wildman–Crippen MR) is 133 cm³/mol. The van der Waals surface area contributed by atoms with E-state index >= 15 is 0 Å². The van der Waals surface area contributed by atoms with Gasteiger partial charge in [0.2, 0.25) is 0 Å². The van der Waals surface area contributed by atoms with Gasteiger partial charge in [0.1, 0.15) is 11.6 Å². The number of allylic oxidation sites excluding steroid dienone is 1. The van der Waals surface area contributed by atoms with Crippen LogP contribution in [0.4, 0.5) is 17.2 Å². The predicted octanol–water partition coefficient (Wildman–Crippen LogP) is 4.78. The highest BCUT2D eigenvalue weighted by atomic mass is 16.5. The monoisotopic (exact) mass is 435 g/mol. The summed E-state index contributed by atoms with van der Waals surface area (Å²) in [5, 5.41) is 11.1. The second-order valence-electron chi connectivity index (χ2n) is 7.61. The highest BCUT2D eigenvalue weighted by molar-refractivity contribution is 6.11. The van der Waals surface area contributed by atoms with Crippen LogP contribution in [0.5, 0.6) is 5.75 Å². The molecule has 170 valence electrons. The molecule has 2 heterocycles. The first-order chi connectivity index (χ1) is 15.5. The molecule has 0 radical (unpaired) electrons. The van der Waals surface area contributed by atoms with Gasteiger partial charge in [-0.05, 0) is 25.8 Å². The number of fused-ring (bicyclic) bond motifs is 1. The maximum atomic E-state index is 5.99. The molecular weight excluding hydrogens is 402 g/mol. The summed E-state index contributed by atoms with van der Waals surface area (Å²) in [5.41, 5.74) is 10.9. The van der Waals surface area contributed by atoms with Gasteiger partial charge in [-0.15, -0.1) is 5.10 Å². The largest absolute Gasteiger partial charge is 0.494 e. The van der Waals surface area contributed by atoms with E-state index in [9.17, 15) is 0 Å². The minimum absolute atomic E-state index is 0.288. The number of aliphatic imine (C=N–C) groups is 1. The van der Waals surface area contributed by atoms with Crippen molar-refractivity contribution in [1.82, 2.24) is 14.6 Å². The number of ether oxygens (including phenoxy) is 1. The van der Waals surface area contributed by atoms with E-state index < -0.39 is 0 Å². The fourth-order valence-electron chi connectivity index (χ4n) is 3.64. The molecule has 2 aromatic heterocycles. The number of imidazole rings is 1. The fourth-order valence-corrected chi connectivity index (χ4v) is 3.64. The standard InChI is InChI=1S/C24H33N7O/c1-6-9-18(7-2)27-14-17(13-25)19-10-8-11-20(23(19)32-5)29-21-12-22(26-4)30-31-15-16(3)28-24(21)31/h8,10-15,18,29H,6-7,9,25H2,1-5H3,(H,26,30)/b17-13+,27-14?. The Morgan fingerprint density at radius 2 is 2.12 bits per heavy atom. The SMILES string of the molecule is CCCC(CC)N=C/C(=C\N)c1cccc(Nc2cc(NC)nn3cc(C)nc23)c1OC. The van der Waals surface area contributed by atoms with Crippen LogP contribution >= 0.6 is 0 Å². The number of benzene rings is 1. The molecule has 0 amide bonds. The molecule has 1 aromatic carbocycles. The van der Waals surface area contributed by atoms with Crippen LogP contribution in [-0.2, 0) is 0 Å². The summed E-state index contributed by atoms with van der Waals surface area (Å²) in [6, 6.07) is 8.12. The normalized spacial score (nSPS) is 13.0. The summed E-state index contributed by atoms with van der Waals surface area (Å²) in [5.74, 6) is 1.41. The van der Waals surface area contributed by atoms with Gasteiger partial charge in [-0.2, -0.15) is 0 Å². The Kier molecular flexibility index (Phi) is 7.70. The number of para-hydroxylation sites is 1. The quantitative estimate of drug-likeness (QED) is 0.396. The minimum atomic E-state index is 0.288. The van der Waals surface area contributed by atoms with Gasteiger partial charge in [0.05, 0.1) is 30.4 Å². The van der Waals surface area contributed by atoms with Gasteiger partial charge in [0.25, 0.3) is 0 Å². The van der Waals surface area contributed by atoms with E-state index in [1.165, 1.54) is 0 Å². The summed E-state index contributed by atoms with van der Waals surface area (Å²) in [7, 11) is 3.49. The Morgan fingerprint density at radius 3 is 2.78 bits per heavy atom. The summed E-state index contributed by atoms with van der Waals surface area (Å²) in [4.78, 5) is 9.36. The maximum Gasteiger partial charge on any atom is 0.177 e. The minimum Gasteiger partial charge on any atom is -0.494 e. The van der Waals surface area contributed by atoms with Crippen LogP contribution in [-0.4, -0.2) is 41.0 Å². The molecule has 4 N–H and O–H groups in total. The number of hydrogen-bond acceptors (Lipinski definition) is 7. The molecule has 0 fully saturated rings. The lowest BCUT2D eigenvalue weighted by Crippen LogP contribution is -2.05. The number of aromatic nitrogens is 3. The second-order valence-corrected chi connectivity index (χ2v) is 7.61. The highest BCUT2D eigenvalue weighted by Crippen LogP contribution is 2.36. The van der Waals surface area contributed by atoms with E-state index in [4.69, 9.17) is 15.5 Å². The molecule has 1 atom stereocenters. The maximum absolute atomic E-state index is 5.99. The second kappa shape index (κ2) is 10.7. The van der Waals surface area contributed by atoms with E-state index in [1.807, 2.05) is 50.6 Å². The molecule has 8 nitrogen and oxygen atoms in total. The van der Waals surface area contributed by atoms with Crippen molar-refractivity contribution in [2.24, 2.45) is 10.7 Å². The molecular formula is C24H33N7O. The Bertz CT molecular complexity index is 1120. The molecule has 0 bridgehead atoms. The third kappa shape index (κ3) is 5.01. The van der Waals surface area contributed by atoms with Crippen molar-refractivity contribution in [3.63, 3.8) is 0 Å². The molecule has 0 saturated carbocycles. The first kappa shape index (κ1) is 23.1. The zero-order valence-corrected chi connectivity index (χ0v) is 19.5. The summed E-state index contributed by atoms with van der Waals surface area (Å²) < 4.78 is 7.57. The third-order valence-corrected chi connectivity index (χ3v) is 5.30. The topological polar surface area (TPSA) is 102 Å². The summed E-state index contributed by atoms with van der Waals surface area (Å²) in [6.45, 7) is 6.27. The number of nitrogens with two attached hydrogens (primary N) is 1. The van der Waals surface area contributed by atoms with Gasteiger partial charge in [0, 0.05) is 42.7 Å². The van der Waals surface area contributed by atoms with E-state index in [-0.39, 0.29) is 6.04 Å². The van der Waals surface area contributed by atoms with Crippen molar-refractivity contribution in [1.29, 1.82) is 0 Å². The lowest BCUT2D eigenvalue weighted by atomic mass is 10.0. The zero-order valence-electron chi connectivity index (χ0n) is 19.5. The molecule has 0 aliphatic carbocycles. The van der Waals surface area contributed by atoms with Crippen LogP contribution in [0.15, 0.2) is 41.7 Å². The molecule has 3 rings (SSSR count). The summed E-state index contributed by atoms with van der Waals surface area (Å²) in [6.07, 6.45) is 8.47. The van der Waals surface area contributed by atoms with Gasteiger partial charge >= 0.3 is 0 Å². The van der Waals surface area contributed by atoms with Gasteiger partial charge in [-0.3, -0.25) is 4.99 Å². The van der Waals surface area contributed by atoms with Crippen molar-refractivity contribution >= 4 is 34.6 Å². The van der Waals surface area contributed by atoms with E-state index in [2.05, 4.69) is 34.6 Å². The highest BCUT2D eigenvalue weighted by Gasteiger charge is 2.15. The first-order valence-corrected chi connectivity index (χ1v) is 11.0. The van der Waals surface area contributed by atoms with Crippen LogP contribution in [0, 0.1) is 6.92 Å². The van der Waals surface area contributed by atoms with Crippen LogP contribution < -0.4 is 21.1 Å². The molecule has 32 heavy (non-hydrogen) atoms. The third-order valence-electron chi connectivity index (χ3n) is 5.30. The number of nitrogens with zero attached hydrogens (tertiary/aromatic N) is 4. The molecule has 0 aliphatic rings. The van der Waals surface area contributed by atoms with Crippen molar-refractivity contribution in [3.8, 4) is 5.75 Å². The van der Waals surface area contributed by atoms with Gasteiger partial charge in [-0.1, -0.05) is 32.4 Å². The van der Waals surface area contributed by atoms with Crippen molar-refractivity contribution in [2.45, 2.75) is 46.1 Å². The number of methoxy groups -OCH3 is 1. The Balaban J connectivity index is 2.01. The van der Waals surface area contributed by atoms with E-state index in [0.29, 0.717) is 5.75 Å². The van der Waals surface area contributed by atoms with Gasteiger partial charge in [0.15, 0.2) is 5.65 Å². The fraction of sp³-hybridized carbons (Fsp3) is 0.375. The van der Waals surface area contributed by atoms with Crippen LogP contribution in [0.1, 0.15) is 44.4 Å². The van der Waals surface area contributed by atoms with Crippen LogP contribution in [0.2, 0.25) is 0 Å². The van der Waals surface area contributed by atoms with E-state index in [1.54, 1.807) is 17.8 Å². The van der Waals surface area contributed by atoms with Crippen LogP contribution in [0.3, 0.4) is 0 Å². The van der Waals surface area contributed by atoms with Crippen molar-refractivity contribution < 1.29 is 4.74 Å². The average molecular weight is 436 g/mol. The molecule has 3 aromatic rings. The Labute approximate surface area is 189 Å². The number of hydrogen-bond donors (Lipinski definition) is 3. The Morgan fingerprint density at radius 1 is 1.31 bits per heavy atom. The molecule has 1 unspecified atom stereocenters. The average Bonchev–Trinajstić information content (AvgIpc) is 3.19. The first-order valence-electron chi connectivity index (χ1n) is 11.0.